The summed E-state index contributed by atoms with van der Waals surface area (Å²) in [6.45, 7) is 1.56. The zero-order valence-electron chi connectivity index (χ0n) is 13.8. The molecule has 0 aliphatic rings. The summed E-state index contributed by atoms with van der Waals surface area (Å²) >= 11 is 4.59. The first-order chi connectivity index (χ1) is 12.9. The van der Waals surface area contributed by atoms with Gasteiger partial charge in [-0.1, -0.05) is 27.7 Å². The smallest absolute Gasteiger partial charge is 0.258 e. The number of nitro groups is 2. The maximum absolute atomic E-state index is 11.2. The molecule has 0 bridgehead atoms. The molecule has 138 valence electrons. The Balaban J connectivity index is 1.90. The van der Waals surface area contributed by atoms with E-state index in [-0.39, 0.29) is 17.1 Å². The van der Waals surface area contributed by atoms with Crippen LogP contribution >= 0.6 is 27.7 Å². The maximum Gasteiger partial charge on any atom is 0.279 e. The van der Waals surface area contributed by atoms with E-state index in [1.807, 2.05) is 24.3 Å². The number of nitro benzene ring substituents is 2. The van der Waals surface area contributed by atoms with E-state index in [1.54, 1.807) is 6.92 Å². The van der Waals surface area contributed by atoms with Gasteiger partial charge in [0.2, 0.25) is 5.16 Å². The summed E-state index contributed by atoms with van der Waals surface area (Å²) in [5, 5.41) is 34.3. The van der Waals surface area contributed by atoms with E-state index in [0.717, 1.165) is 16.2 Å². The fourth-order valence-electron chi connectivity index (χ4n) is 2.34. The molecule has 0 saturated heterocycles. The topological polar surface area (TPSA) is 130 Å². The second-order valence-corrected chi connectivity index (χ2v) is 7.26. The number of halogens is 1. The minimum Gasteiger partial charge on any atom is -0.258 e. The maximum atomic E-state index is 11.2. The summed E-state index contributed by atoms with van der Waals surface area (Å²) < 4.78 is 2.44. The molecule has 0 saturated carbocycles. The Labute approximate surface area is 165 Å². The van der Waals surface area contributed by atoms with E-state index in [1.165, 1.54) is 22.5 Å². The predicted octanol–water partition coefficient (Wildman–Crippen LogP) is 3.84. The molecular weight excluding hydrogens is 440 g/mol. The van der Waals surface area contributed by atoms with Crippen LogP contribution in [0.15, 0.2) is 46.0 Å². The van der Waals surface area contributed by atoms with Crippen molar-refractivity contribution in [1.29, 1.82) is 0 Å². The first kappa shape index (κ1) is 18.9. The molecule has 0 spiro atoms. The van der Waals surface area contributed by atoms with Gasteiger partial charge in [0.25, 0.3) is 11.4 Å². The summed E-state index contributed by atoms with van der Waals surface area (Å²) in [4.78, 5) is 21.0. The molecular formula is C15H11BrN6O4S. The van der Waals surface area contributed by atoms with Gasteiger partial charge in [0.15, 0.2) is 0 Å². The van der Waals surface area contributed by atoms with Crippen LogP contribution in [-0.4, -0.2) is 30.1 Å². The van der Waals surface area contributed by atoms with Crippen LogP contribution in [0.25, 0.3) is 5.69 Å². The molecule has 10 nitrogen and oxygen atoms in total. The highest BCUT2D eigenvalue weighted by Crippen LogP contribution is 2.32. The third-order valence-electron chi connectivity index (χ3n) is 3.75. The standard InChI is InChI=1S/C15H11BrN6O4S/c1-9-10(6-13(21(23)24)7-14(9)22(25)26)8-27-15-17-18-19-20(15)12-4-2-11(16)3-5-12/h2-7H,8H2,1H3. The molecule has 0 fully saturated rings. The average molecular weight is 451 g/mol. The second kappa shape index (κ2) is 7.80. The molecule has 2 aromatic carbocycles. The van der Waals surface area contributed by atoms with Crippen LogP contribution < -0.4 is 0 Å². The van der Waals surface area contributed by atoms with Crippen LogP contribution in [0.1, 0.15) is 11.1 Å². The number of tetrazole rings is 1. The number of hydrogen-bond acceptors (Lipinski definition) is 8. The van der Waals surface area contributed by atoms with Crippen molar-refractivity contribution < 1.29 is 9.85 Å². The summed E-state index contributed by atoms with van der Waals surface area (Å²) in [6, 6.07) is 9.65. The molecule has 0 N–H and O–H groups in total. The normalized spacial score (nSPS) is 10.7. The minimum atomic E-state index is -0.646. The Morgan fingerprint density at radius 2 is 1.85 bits per heavy atom. The number of nitrogens with zero attached hydrogens (tertiary/aromatic N) is 6. The average Bonchev–Trinajstić information content (AvgIpc) is 3.09. The fraction of sp³-hybridized carbons (Fsp3) is 0.133. The summed E-state index contributed by atoms with van der Waals surface area (Å²) in [6.07, 6.45) is 0. The number of aromatic nitrogens is 4. The van der Waals surface area contributed by atoms with Crippen molar-refractivity contribution in [2.75, 3.05) is 0 Å². The second-order valence-electron chi connectivity index (χ2n) is 5.40. The van der Waals surface area contributed by atoms with E-state index in [2.05, 4.69) is 31.5 Å². The number of rotatable bonds is 6. The van der Waals surface area contributed by atoms with Gasteiger partial charge >= 0.3 is 0 Å². The van der Waals surface area contributed by atoms with Crippen molar-refractivity contribution in [3.8, 4) is 5.69 Å². The molecule has 0 aliphatic heterocycles. The van der Waals surface area contributed by atoms with Gasteiger partial charge in [-0.25, -0.2) is 0 Å². The highest BCUT2D eigenvalue weighted by molar-refractivity contribution is 9.10. The van der Waals surface area contributed by atoms with Crippen molar-refractivity contribution in [2.45, 2.75) is 17.8 Å². The lowest BCUT2D eigenvalue weighted by Crippen LogP contribution is -2.01. The van der Waals surface area contributed by atoms with Gasteiger partial charge < -0.3 is 0 Å². The van der Waals surface area contributed by atoms with Gasteiger partial charge in [-0.3, -0.25) is 20.2 Å². The first-order valence-corrected chi connectivity index (χ1v) is 9.24. The molecule has 12 heteroatoms. The lowest BCUT2D eigenvalue weighted by atomic mass is 10.1. The Morgan fingerprint density at radius 1 is 1.15 bits per heavy atom. The van der Waals surface area contributed by atoms with E-state index >= 15 is 0 Å². The molecule has 0 radical (unpaired) electrons. The molecule has 0 aliphatic carbocycles. The third kappa shape index (κ3) is 4.11. The van der Waals surface area contributed by atoms with Crippen LogP contribution in [0.2, 0.25) is 0 Å². The molecule has 27 heavy (non-hydrogen) atoms. The highest BCUT2D eigenvalue weighted by Gasteiger charge is 2.22. The Morgan fingerprint density at radius 3 is 2.48 bits per heavy atom. The van der Waals surface area contributed by atoms with Crippen molar-refractivity contribution in [2.24, 2.45) is 0 Å². The number of hydrogen-bond donors (Lipinski definition) is 0. The Hall–Kier alpha value is -2.86. The van der Waals surface area contributed by atoms with Crippen LogP contribution in [0.4, 0.5) is 11.4 Å². The Bertz CT molecular complexity index is 1020. The van der Waals surface area contributed by atoms with Crippen LogP contribution in [0, 0.1) is 27.2 Å². The van der Waals surface area contributed by atoms with Gasteiger partial charge in [0.1, 0.15) is 0 Å². The zero-order chi connectivity index (χ0) is 19.6. The van der Waals surface area contributed by atoms with Crippen molar-refractivity contribution in [1.82, 2.24) is 20.2 Å². The first-order valence-electron chi connectivity index (χ1n) is 7.46. The van der Waals surface area contributed by atoms with E-state index in [4.69, 9.17) is 0 Å². The molecule has 1 heterocycles. The minimum absolute atomic E-state index is 0.241. The van der Waals surface area contributed by atoms with Crippen LogP contribution in [-0.2, 0) is 5.75 Å². The molecule has 3 aromatic rings. The molecule has 1 aromatic heterocycles. The quantitative estimate of drug-likeness (QED) is 0.314. The van der Waals surface area contributed by atoms with E-state index in [9.17, 15) is 20.2 Å². The van der Waals surface area contributed by atoms with Gasteiger partial charge in [-0.15, -0.1) is 5.10 Å². The van der Waals surface area contributed by atoms with E-state index in [0.29, 0.717) is 16.3 Å². The molecule has 0 atom stereocenters. The monoisotopic (exact) mass is 450 g/mol. The summed E-state index contributed by atoms with van der Waals surface area (Å²) in [5.41, 5.74) is 0.988. The lowest BCUT2D eigenvalue weighted by Gasteiger charge is -2.07. The number of benzene rings is 2. The zero-order valence-corrected chi connectivity index (χ0v) is 16.2. The number of thioether (sulfide) groups is 1. The van der Waals surface area contributed by atoms with Gasteiger partial charge in [-0.05, 0) is 47.2 Å². The third-order valence-corrected chi connectivity index (χ3v) is 5.25. The van der Waals surface area contributed by atoms with Gasteiger partial charge in [0, 0.05) is 21.9 Å². The van der Waals surface area contributed by atoms with Crippen molar-refractivity contribution in [3.05, 3.63) is 72.2 Å². The summed E-state index contributed by atoms with van der Waals surface area (Å²) in [5.74, 6) is 0.241. The molecule has 0 amide bonds. The fourth-order valence-corrected chi connectivity index (χ4v) is 3.55. The molecule has 3 rings (SSSR count). The predicted molar refractivity (Wildman–Crippen MR) is 101 cm³/mol. The van der Waals surface area contributed by atoms with Gasteiger partial charge in [-0.2, -0.15) is 4.68 Å². The van der Waals surface area contributed by atoms with Crippen molar-refractivity contribution >= 4 is 39.1 Å². The largest absolute Gasteiger partial charge is 0.279 e. The van der Waals surface area contributed by atoms with Crippen molar-refractivity contribution in [3.63, 3.8) is 0 Å². The SMILES string of the molecule is Cc1c(CSc2nnnn2-c2ccc(Br)cc2)cc([N+](=O)[O-])cc1[N+](=O)[O-]. The summed E-state index contributed by atoms with van der Waals surface area (Å²) in [7, 11) is 0. The van der Waals surface area contributed by atoms with E-state index < -0.39 is 9.85 Å². The Kier molecular flexibility index (Phi) is 5.46. The van der Waals surface area contributed by atoms with Gasteiger partial charge in [0.05, 0.1) is 21.6 Å². The number of non-ortho nitro benzene ring substituents is 1. The molecule has 0 unspecified atom stereocenters. The van der Waals surface area contributed by atoms with Crippen LogP contribution in [0.3, 0.4) is 0 Å². The lowest BCUT2D eigenvalue weighted by molar-refractivity contribution is -0.394. The van der Waals surface area contributed by atoms with Crippen LogP contribution in [0.5, 0.6) is 0 Å². The highest BCUT2D eigenvalue weighted by atomic mass is 79.9.